The van der Waals surface area contributed by atoms with Gasteiger partial charge in [0.15, 0.2) is 0 Å². The second kappa shape index (κ2) is 7.36. The van der Waals surface area contributed by atoms with Gasteiger partial charge in [-0.05, 0) is 32.3 Å². The summed E-state index contributed by atoms with van der Waals surface area (Å²) in [6.07, 6.45) is 2.46. The quantitative estimate of drug-likeness (QED) is 0.914. The Balaban J connectivity index is 1.48. The van der Waals surface area contributed by atoms with Crippen LogP contribution in [0.25, 0.3) is 0 Å². The maximum absolute atomic E-state index is 4.32. The standard InChI is InChI=1S/C18H25N3S/c1-14-10-17(19-11-18-15(2)20-13-22-18)8-9-21(14)12-16-6-4-3-5-7-16/h3-7,13-14,17,19H,8-12H2,1-2H3/t14-,17-/m0/s1. The highest BCUT2D eigenvalue weighted by molar-refractivity contribution is 7.09. The molecular weight excluding hydrogens is 290 g/mol. The van der Waals surface area contributed by atoms with Gasteiger partial charge in [-0.1, -0.05) is 30.3 Å². The molecule has 0 saturated carbocycles. The Morgan fingerprint density at radius 3 is 2.82 bits per heavy atom. The third-order valence-corrected chi connectivity index (χ3v) is 5.57. The first-order chi connectivity index (χ1) is 10.7. The van der Waals surface area contributed by atoms with Crippen molar-refractivity contribution in [3.8, 4) is 0 Å². The smallest absolute Gasteiger partial charge is 0.0798 e. The van der Waals surface area contributed by atoms with E-state index >= 15 is 0 Å². The van der Waals surface area contributed by atoms with Crippen LogP contribution in [0.2, 0.25) is 0 Å². The van der Waals surface area contributed by atoms with Crippen LogP contribution in [-0.2, 0) is 13.1 Å². The zero-order valence-electron chi connectivity index (χ0n) is 13.5. The molecule has 1 aliphatic rings. The van der Waals surface area contributed by atoms with Crippen LogP contribution >= 0.6 is 11.3 Å². The number of nitrogens with one attached hydrogen (secondary N) is 1. The van der Waals surface area contributed by atoms with Crippen molar-refractivity contribution >= 4 is 11.3 Å². The molecule has 1 saturated heterocycles. The molecule has 2 atom stereocenters. The number of nitrogens with zero attached hydrogens (tertiary/aromatic N) is 2. The molecular formula is C18H25N3S. The van der Waals surface area contributed by atoms with Crippen LogP contribution in [-0.4, -0.2) is 28.5 Å². The summed E-state index contributed by atoms with van der Waals surface area (Å²) in [6, 6.07) is 12.1. The number of aromatic nitrogens is 1. The predicted molar refractivity (Wildman–Crippen MR) is 93.0 cm³/mol. The molecule has 0 bridgehead atoms. The predicted octanol–water partition coefficient (Wildman–Crippen LogP) is 3.59. The molecule has 22 heavy (non-hydrogen) atoms. The minimum absolute atomic E-state index is 0.628. The summed E-state index contributed by atoms with van der Waals surface area (Å²) in [4.78, 5) is 8.30. The van der Waals surface area contributed by atoms with Gasteiger partial charge in [0.25, 0.3) is 0 Å². The van der Waals surface area contributed by atoms with E-state index in [0.717, 1.165) is 13.1 Å². The van der Waals surface area contributed by atoms with E-state index in [9.17, 15) is 0 Å². The molecule has 2 heterocycles. The molecule has 0 radical (unpaired) electrons. The average molecular weight is 315 g/mol. The number of hydrogen-bond acceptors (Lipinski definition) is 4. The van der Waals surface area contributed by atoms with Crippen LogP contribution in [0.15, 0.2) is 35.8 Å². The molecule has 3 nitrogen and oxygen atoms in total. The van der Waals surface area contributed by atoms with E-state index < -0.39 is 0 Å². The average Bonchev–Trinajstić information content (AvgIpc) is 2.94. The molecule has 1 aromatic carbocycles. The van der Waals surface area contributed by atoms with Gasteiger partial charge in [0.1, 0.15) is 0 Å². The third-order valence-electron chi connectivity index (χ3n) is 4.64. The summed E-state index contributed by atoms with van der Waals surface area (Å²) in [5, 5.41) is 3.72. The Morgan fingerprint density at radius 1 is 1.32 bits per heavy atom. The van der Waals surface area contributed by atoms with E-state index in [-0.39, 0.29) is 0 Å². The molecule has 0 unspecified atom stereocenters. The fraction of sp³-hybridized carbons (Fsp3) is 0.500. The number of rotatable bonds is 5. The Labute approximate surface area is 137 Å². The zero-order valence-corrected chi connectivity index (χ0v) is 14.3. The van der Waals surface area contributed by atoms with E-state index in [4.69, 9.17) is 0 Å². The number of thiazole rings is 1. The molecule has 3 rings (SSSR count). The minimum Gasteiger partial charge on any atom is -0.309 e. The van der Waals surface area contributed by atoms with Gasteiger partial charge in [0.05, 0.1) is 11.2 Å². The Bertz CT molecular complexity index is 581. The highest BCUT2D eigenvalue weighted by Crippen LogP contribution is 2.21. The highest BCUT2D eigenvalue weighted by Gasteiger charge is 2.25. The summed E-state index contributed by atoms with van der Waals surface area (Å²) in [5.74, 6) is 0. The van der Waals surface area contributed by atoms with Crippen molar-refractivity contribution in [3.05, 3.63) is 52.0 Å². The van der Waals surface area contributed by atoms with Gasteiger partial charge >= 0.3 is 0 Å². The molecule has 1 N–H and O–H groups in total. The Hall–Kier alpha value is -1.23. The van der Waals surface area contributed by atoms with Gasteiger partial charge in [0.2, 0.25) is 0 Å². The largest absolute Gasteiger partial charge is 0.309 e. The van der Waals surface area contributed by atoms with Crippen LogP contribution < -0.4 is 5.32 Å². The monoisotopic (exact) mass is 315 g/mol. The highest BCUT2D eigenvalue weighted by atomic mass is 32.1. The molecule has 4 heteroatoms. The maximum atomic E-state index is 4.32. The fourth-order valence-corrected chi connectivity index (χ4v) is 3.92. The van der Waals surface area contributed by atoms with Gasteiger partial charge in [-0.25, -0.2) is 4.98 Å². The number of aryl methyl sites for hydroxylation is 1. The van der Waals surface area contributed by atoms with Gasteiger partial charge in [0, 0.05) is 36.6 Å². The van der Waals surface area contributed by atoms with E-state index in [1.807, 2.05) is 5.51 Å². The zero-order chi connectivity index (χ0) is 15.4. The molecule has 0 amide bonds. The second-order valence-electron chi connectivity index (χ2n) is 6.27. The van der Waals surface area contributed by atoms with Crippen LogP contribution in [0, 0.1) is 6.92 Å². The Kier molecular flexibility index (Phi) is 5.24. The van der Waals surface area contributed by atoms with Gasteiger partial charge in [-0.15, -0.1) is 11.3 Å². The van der Waals surface area contributed by atoms with E-state index in [1.54, 1.807) is 11.3 Å². The van der Waals surface area contributed by atoms with E-state index in [2.05, 4.69) is 59.4 Å². The van der Waals surface area contributed by atoms with Gasteiger partial charge < -0.3 is 5.32 Å². The van der Waals surface area contributed by atoms with Crippen LogP contribution in [0.3, 0.4) is 0 Å². The van der Waals surface area contributed by atoms with Gasteiger partial charge in [-0.2, -0.15) is 0 Å². The maximum Gasteiger partial charge on any atom is 0.0798 e. The van der Waals surface area contributed by atoms with E-state index in [1.165, 1.54) is 35.5 Å². The summed E-state index contributed by atoms with van der Waals surface area (Å²) in [5.41, 5.74) is 4.53. The second-order valence-corrected chi connectivity index (χ2v) is 7.21. The van der Waals surface area contributed by atoms with Crippen molar-refractivity contribution in [3.63, 3.8) is 0 Å². The fourth-order valence-electron chi connectivity index (χ4n) is 3.19. The lowest BCUT2D eigenvalue weighted by atomic mass is 9.97. The van der Waals surface area contributed by atoms with Gasteiger partial charge in [-0.3, -0.25) is 4.90 Å². The lowest BCUT2D eigenvalue weighted by molar-refractivity contribution is 0.128. The summed E-state index contributed by atoms with van der Waals surface area (Å²) >= 11 is 1.76. The molecule has 0 spiro atoms. The number of likely N-dealkylation sites (tertiary alicyclic amines) is 1. The molecule has 2 aromatic rings. The summed E-state index contributed by atoms with van der Waals surface area (Å²) in [7, 11) is 0. The first-order valence-corrected chi connectivity index (χ1v) is 9.00. The SMILES string of the molecule is Cc1ncsc1CN[C@H]1CCN(Cc2ccccc2)[C@@H](C)C1. The number of hydrogen-bond donors (Lipinski definition) is 1. The third kappa shape index (κ3) is 3.94. The normalized spacial score (nSPS) is 22.8. The van der Waals surface area contributed by atoms with Crippen molar-refractivity contribution in [2.45, 2.75) is 51.9 Å². The van der Waals surface area contributed by atoms with Crippen molar-refractivity contribution in [2.75, 3.05) is 6.54 Å². The molecule has 1 aliphatic heterocycles. The number of benzene rings is 1. The van der Waals surface area contributed by atoms with Crippen molar-refractivity contribution in [1.82, 2.24) is 15.2 Å². The molecule has 118 valence electrons. The summed E-state index contributed by atoms with van der Waals surface area (Å²) in [6.45, 7) is 7.66. The van der Waals surface area contributed by atoms with Crippen LogP contribution in [0.4, 0.5) is 0 Å². The lowest BCUT2D eigenvalue weighted by Gasteiger charge is -2.38. The van der Waals surface area contributed by atoms with Crippen LogP contribution in [0.1, 0.15) is 35.9 Å². The van der Waals surface area contributed by atoms with Crippen molar-refractivity contribution in [1.29, 1.82) is 0 Å². The van der Waals surface area contributed by atoms with Crippen molar-refractivity contribution in [2.24, 2.45) is 0 Å². The van der Waals surface area contributed by atoms with Crippen molar-refractivity contribution < 1.29 is 0 Å². The van der Waals surface area contributed by atoms with E-state index in [0.29, 0.717) is 12.1 Å². The molecule has 1 aromatic heterocycles. The minimum atomic E-state index is 0.628. The topological polar surface area (TPSA) is 28.2 Å². The number of piperidine rings is 1. The lowest BCUT2D eigenvalue weighted by Crippen LogP contribution is -2.46. The molecule has 1 fully saturated rings. The first kappa shape index (κ1) is 15.7. The Morgan fingerprint density at radius 2 is 2.14 bits per heavy atom. The molecule has 0 aliphatic carbocycles. The summed E-state index contributed by atoms with van der Waals surface area (Å²) < 4.78 is 0. The first-order valence-electron chi connectivity index (χ1n) is 8.12. The van der Waals surface area contributed by atoms with Crippen LogP contribution in [0.5, 0.6) is 0 Å².